The minimum absolute atomic E-state index is 0.0733. The van der Waals surface area contributed by atoms with Crippen molar-refractivity contribution < 1.29 is 22.3 Å². The Kier molecular flexibility index (Phi) is 5.61. The first-order valence-corrected chi connectivity index (χ1v) is 8.33. The third-order valence-electron chi connectivity index (χ3n) is 4.53. The van der Waals surface area contributed by atoms with E-state index in [1.165, 1.54) is 0 Å². The lowest BCUT2D eigenvalue weighted by Gasteiger charge is -2.29. The minimum atomic E-state index is -1.68. The summed E-state index contributed by atoms with van der Waals surface area (Å²) >= 11 is 0. The molecule has 1 unspecified atom stereocenters. The van der Waals surface area contributed by atoms with Gasteiger partial charge in [-0.25, -0.2) is 0 Å². The van der Waals surface area contributed by atoms with E-state index in [-0.39, 0.29) is 12.6 Å². The lowest BCUT2D eigenvalue weighted by Crippen LogP contribution is -2.31. The van der Waals surface area contributed by atoms with E-state index in [2.05, 4.69) is 15.2 Å². The van der Waals surface area contributed by atoms with Crippen molar-refractivity contribution in [2.24, 2.45) is 0 Å². The number of hydrogen-bond acceptors (Lipinski definition) is 4. The molecule has 1 aromatic heterocycles. The van der Waals surface area contributed by atoms with Crippen LogP contribution in [0.2, 0.25) is 0 Å². The molecule has 1 fully saturated rings. The third kappa shape index (κ3) is 3.75. The molecule has 2 heterocycles. The third-order valence-corrected chi connectivity index (χ3v) is 4.53. The Morgan fingerprint density at radius 3 is 2.38 bits per heavy atom. The number of halogens is 4. The molecule has 0 saturated carbocycles. The number of nitrogens with zero attached hydrogens (tertiary/aromatic N) is 2. The van der Waals surface area contributed by atoms with Gasteiger partial charge in [0.15, 0.2) is 0 Å². The Morgan fingerprint density at radius 1 is 1.12 bits per heavy atom. The number of aromatic nitrogens is 1. The van der Waals surface area contributed by atoms with Gasteiger partial charge in [0.2, 0.25) is 11.6 Å². The summed E-state index contributed by atoms with van der Waals surface area (Å²) in [7, 11) is 1.55. The second-order valence-electron chi connectivity index (χ2n) is 6.11. The predicted octanol–water partition coefficient (Wildman–Crippen LogP) is 3.90. The molecule has 0 radical (unpaired) electrons. The van der Waals surface area contributed by atoms with Gasteiger partial charge in [0.25, 0.3) is 11.9 Å². The van der Waals surface area contributed by atoms with Crippen LogP contribution in [0.5, 0.6) is 5.75 Å². The molecule has 26 heavy (non-hydrogen) atoms. The normalized spacial score (nSPS) is 15.9. The van der Waals surface area contributed by atoms with Crippen LogP contribution in [0.15, 0.2) is 24.3 Å². The van der Waals surface area contributed by atoms with Crippen molar-refractivity contribution in [2.45, 2.75) is 18.9 Å². The van der Waals surface area contributed by atoms with Crippen LogP contribution in [0.3, 0.4) is 0 Å². The summed E-state index contributed by atoms with van der Waals surface area (Å²) in [5, 5.41) is 2.52. The standard InChI is InChI=1S/C18H19F4N3O/c1-26-12-6-4-5-11(9-12)13(25-7-2-3-8-25)10-23-16-14(19)17(21)24-18(22)15(16)20/h4-6,9,13H,2-3,7-8,10H2,1H3,(H,23,24). The molecule has 0 spiro atoms. The summed E-state index contributed by atoms with van der Waals surface area (Å²) < 4.78 is 59.6. The molecule has 1 aliphatic heterocycles. The predicted molar refractivity (Wildman–Crippen MR) is 89.1 cm³/mol. The van der Waals surface area contributed by atoms with Gasteiger partial charge in [-0.1, -0.05) is 12.1 Å². The summed E-state index contributed by atoms with van der Waals surface area (Å²) in [4.78, 5) is 4.73. The minimum Gasteiger partial charge on any atom is -0.497 e. The number of pyridine rings is 1. The Morgan fingerprint density at radius 2 is 1.77 bits per heavy atom. The first kappa shape index (κ1) is 18.4. The van der Waals surface area contributed by atoms with Gasteiger partial charge >= 0.3 is 0 Å². The van der Waals surface area contributed by atoms with E-state index in [9.17, 15) is 17.6 Å². The summed E-state index contributed by atoms with van der Waals surface area (Å²) in [5.74, 6) is -5.76. The Bertz CT molecular complexity index is 755. The van der Waals surface area contributed by atoms with Crippen LogP contribution in [-0.4, -0.2) is 36.6 Å². The molecule has 1 atom stereocenters. The van der Waals surface area contributed by atoms with Crippen molar-refractivity contribution in [1.82, 2.24) is 9.88 Å². The first-order chi connectivity index (χ1) is 12.5. The molecule has 1 saturated heterocycles. The zero-order chi connectivity index (χ0) is 18.7. The van der Waals surface area contributed by atoms with Crippen LogP contribution in [0.4, 0.5) is 23.2 Å². The van der Waals surface area contributed by atoms with E-state index in [1.807, 2.05) is 18.2 Å². The lowest BCUT2D eigenvalue weighted by atomic mass is 10.0. The number of likely N-dealkylation sites (tertiary alicyclic amines) is 1. The van der Waals surface area contributed by atoms with E-state index in [1.54, 1.807) is 13.2 Å². The lowest BCUT2D eigenvalue weighted by molar-refractivity contribution is 0.255. The number of nitrogens with one attached hydrogen (secondary N) is 1. The number of hydrogen-bond donors (Lipinski definition) is 1. The van der Waals surface area contributed by atoms with Crippen LogP contribution >= 0.6 is 0 Å². The summed E-state index contributed by atoms with van der Waals surface area (Å²) in [6.45, 7) is 1.73. The molecule has 140 valence electrons. The SMILES string of the molecule is COc1cccc(C(CNc2c(F)c(F)nc(F)c2F)N2CCCC2)c1. The molecular formula is C18H19F4N3O. The summed E-state index contributed by atoms with van der Waals surface area (Å²) in [5.41, 5.74) is 0.0386. The molecule has 2 aromatic rings. The largest absolute Gasteiger partial charge is 0.497 e. The van der Waals surface area contributed by atoms with Crippen LogP contribution < -0.4 is 10.1 Å². The van der Waals surface area contributed by atoms with E-state index < -0.39 is 29.2 Å². The molecular weight excluding hydrogens is 350 g/mol. The van der Waals surface area contributed by atoms with Gasteiger partial charge in [0.05, 0.1) is 13.2 Å². The maximum Gasteiger partial charge on any atom is 0.253 e. The van der Waals surface area contributed by atoms with E-state index in [0.717, 1.165) is 31.5 Å². The Hall–Kier alpha value is -2.35. The molecule has 1 aliphatic rings. The van der Waals surface area contributed by atoms with Crippen molar-refractivity contribution in [1.29, 1.82) is 0 Å². The van der Waals surface area contributed by atoms with Crippen molar-refractivity contribution >= 4 is 5.69 Å². The topological polar surface area (TPSA) is 37.4 Å². The molecule has 1 N–H and O–H groups in total. The maximum absolute atomic E-state index is 13.9. The van der Waals surface area contributed by atoms with Crippen LogP contribution in [0, 0.1) is 23.5 Å². The van der Waals surface area contributed by atoms with Crippen LogP contribution in [-0.2, 0) is 0 Å². The number of benzene rings is 1. The quantitative estimate of drug-likeness (QED) is 0.619. The van der Waals surface area contributed by atoms with Gasteiger partial charge in [-0.2, -0.15) is 22.5 Å². The highest BCUT2D eigenvalue weighted by Crippen LogP contribution is 2.29. The average molecular weight is 369 g/mol. The number of rotatable bonds is 6. The van der Waals surface area contributed by atoms with Gasteiger partial charge in [0, 0.05) is 6.54 Å². The highest BCUT2D eigenvalue weighted by molar-refractivity contribution is 5.46. The molecule has 3 rings (SSSR count). The summed E-state index contributed by atoms with van der Waals surface area (Å²) in [6, 6.07) is 7.11. The fourth-order valence-corrected chi connectivity index (χ4v) is 3.20. The highest BCUT2D eigenvalue weighted by atomic mass is 19.2. The van der Waals surface area contributed by atoms with Crippen LogP contribution in [0.1, 0.15) is 24.4 Å². The second kappa shape index (κ2) is 7.90. The molecule has 0 bridgehead atoms. The van der Waals surface area contributed by atoms with Crippen molar-refractivity contribution in [3.63, 3.8) is 0 Å². The monoisotopic (exact) mass is 369 g/mol. The van der Waals surface area contributed by atoms with Gasteiger partial charge < -0.3 is 10.1 Å². The van der Waals surface area contributed by atoms with Crippen molar-refractivity contribution in [3.05, 3.63) is 53.4 Å². The van der Waals surface area contributed by atoms with Gasteiger partial charge in [-0.05, 0) is 43.6 Å². The number of ether oxygens (including phenoxy) is 1. The molecule has 1 aromatic carbocycles. The Balaban J connectivity index is 1.87. The van der Waals surface area contributed by atoms with Gasteiger partial charge in [-0.15, -0.1) is 0 Å². The highest BCUT2D eigenvalue weighted by Gasteiger charge is 2.26. The summed E-state index contributed by atoms with van der Waals surface area (Å²) in [6.07, 6.45) is 2.03. The van der Waals surface area contributed by atoms with Crippen molar-refractivity contribution in [3.8, 4) is 5.75 Å². The molecule has 8 heteroatoms. The fourth-order valence-electron chi connectivity index (χ4n) is 3.20. The van der Waals surface area contributed by atoms with Crippen LogP contribution in [0.25, 0.3) is 0 Å². The zero-order valence-electron chi connectivity index (χ0n) is 14.2. The van der Waals surface area contributed by atoms with E-state index >= 15 is 0 Å². The van der Waals surface area contributed by atoms with Crippen molar-refractivity contribution in [2.75, 3.05) is 32.1 Å². The van der Waals surface area contributed by atoms with Gasteiger partial charge in [0.1, 0.15) is 11.4 Å². The maximum atomic E-state index is 13.9. The zero-order valence-corrected chi connectivity index (χ0v) is 14.2. The van der Waals surface area contributed by atoms with Gasteiger partial charge in [-0.3, -0.25) is 4.90 Å². The number of anilines is 1. The molecule has 4 nitrogen and oxygen atoms in total. The average Bonchev–Trinajstić information content (AvgIpc) is 3.17. The Labute approximate surface area is 148 Å². The smallest absolute Gasteiger partial charge is 0.253 e. The van der Waals surface area contributed by atoms with E-state index in [0.29, 0.717) is 5.75 Å². The first-order valence-electron chi connectivity index (χ1n) is 8.33. The molecule has 0 aliphatic carbocycles. The molecule has 0 amide bonds. The second-order valence-corrected chi connectivity index (χ2v) is 6.11. The van der Waals surface area contributed by atoms with E-state index in [4.69, 9.17) is 4.74 Å². The number of methoxy groups -OCH3 is 1. The fraction of sp³-hybridized carbons (Fsp3) is 0.389.